The van der Waals surface area contributed by atoms with E-state index in [0.29, 0.717) is 6.04 Å². The molecule has 1 heterocycles. The number of imidazole rings is 1. The van der Waals surface area contributed by atoms with E-state index < -0.39 is 0 Å². The van der Waals surface area contributed by atoms with Crippen LogP contribution in [0.1, 0.15) is 51.8 Å². The standard InChI is InChI=1S/C12H21N3/c1-9(6-10-4-5-10)15-8-14-7-11(15)12(2,3)13/h7-10H,4-6,13H2,1-3H3. The monoisotopic (exact) mass is 207 g/mol. The molecule has 1 unspecified atom stereocenters. The first-order valence-electron chi connectivity index (χ1n) is 5.79. The van der Waals surface area contributed by atoms with E-state index in [1.807, 2.05) is 26.4 Å². The van der Waals surface area contributed by atoms with Crippen LogP contribution in [0.3, 0.4) is 0 Å². The minimum absolute atomic E-state index is 0.297. The highest BCUT2D eigenvalue weighted by atomic mass is 15.1. The SMILES string of the molecule is CC(CC1CC1)n1cncc1C(C)(C)N. The van der Waals surface area contributed by atoms with E-state index in [2.05, 4.69) is 16.5 Å². The van der Waals surface area contributed by atoms with Crippen molar-refractivity contribution in [2.75, 3.05) is 0 Å². The molecule has 15 heavy (non-hydrogen) atoms. The molecule has 1 aliphatic carbocycles. The van der Waals surface area contributed by atoms with E-state index in [0.717, 1.165) is 11.6 Å². The van der Waals surface area contributed by atoms with E-state index in [1.165, 1.54) is 19.3 Å². The van der Waals surface area contributed by atoms with Crippen molar-refractivity contribution in [3.63, 3.8) is 0 Å². The van der Waals surface area contributed by atoms with Crippen LogP contribution in [0.5, 0.6) is 0 Å². The zero-order valence-electron chi connectivity index (χ0n) is 9.90. The Kier molecular flexibility index (Phi) is 2.59. The van der Waals surface area contributed by atoms with Gasteiger partial charge in [0, 0.05) is 12.2 Å². The fraction of sp³-hybridized carbons (Fsp3) is 0.750. The first kappa shape index (κ1) is 10.7. The molecule has 0 saturated heterocycles. The lowest BCUT2D eigenvalue weighted by Gasteiger charge is -2.24. The van der Waals surface area contributed by atoms with Gasteiger partial charge in [0.1, 0.15) is 0 Å². The maximum atomic E-state index is 6.13. The fourth-order valence-corrected chi connectivity index (χ4v) is 2.10. The summed E-state index contributed by atoms with van der Waals surface area (Å²) in [5.74, 6) is 0.941. The highest BCUT2D eigenvalue weighted by Gasteiger charge is 2.27. The van der Waals surface area contributed by atoms with Gasteiger partial charge in [-0.2, -0.15) is 0 Å². The smallest absolute Gasteiger partial charge is 0.0951 e. The van der Waals surface area contributed by atoms with Gasteiger partial charge < -0.3 is 10.3 Å². The topological polar surface area (TPSA) is 43.8 Å². The normalized spacial score (nSPS) is 19.2. The molecule has 1 atom stereocenters. The van der Waals surface area contributed by atoms with Crippen molar-refractivity contribution in [2.45, 2.75) is 51.6 Å². The summed E-state index contributed by atoms with van der Waals surface area (Å²) in [7, 11) is 0. The molecule has 0 bridgehead atoms. The molecule has 1 aliphatic rings. The quantitative estimate of drug-likeness (QED) is 0.824. The molecule has 0 amide bonds. The maximum Gasteiger partial charge on any atom is 0.0951 e. The molecule has 3 nitrogen and oxygen atoms in total. The summed E-state index contributed by atoms with van der Waals surface area (Å²) in [6, 6.07) is 0.526. The van der Waals surface area contributed by atoms with Crippen molar-refractivity contribution in [2.24, 2.45) is 11.7 Å². The van der Waals surface area contributed by atoms with Crippen LogP contribution in [-0.2, 0) is 5.54 Å². The van der Waals surface area contributed by atoms with Crippen molar-refractivity contribution in [1.29, 1.82) is 0 Å². The minimum Gasteiger partial charge on any atom is -0.330 e. The summed E-state index contributed by atoms with van der Waals surface area (Å²) in [6.07, 6.45) is 7.88. The molecule has 3 heteroatoms. The summed E-state index contributed by atoms with van der Waals surface area (Å²) in [6.45, 7) is 6.32. The van der Waals surface area contributed by atoms with Crippen molar-refractivity contribution in [3.8, 4) is 0 Å². The average Bonchev–Trinajstić information content (AvgIpc) is 2.80. The largest absolute Gasteiger partial charge is 0.330 e. The first-order valence-corrected chi connectivity index (χ1v) is 5.79. The Bertz CT molecular complexity index is 331. The Balaban J connectivity index is 2.15. The van der Waals surface area contributed by atoms with Crippen LogP contribution in [0.4, 0.5) is 0 Å². The summed E-state index contributed by atoms with van der Waals surface area (Å²) >= 11 is 0. The van der Waals surface area contributed by atoms with Gasteiger partial charge in [-0.15, -0.1) is 0 Å². The molecule has 0 aromatic carbocycles. The second kappa shape index (κ2) is 3.63. The second-order valence-electron chi connectivity index (χ2n) is 5.44. The first-order chi connectivity index (χ1) is 6.98. The third-order valence-electron chi connectivity index (χ3n) is 3.17. The number of hydrogen-bond acceptors (Lipinski definition) is 2. The van der Waals surface area contributed by atoms with Gasteiger partial charge in [0.25, 0.3) is 0 Å². The number of nitrogens with two attached hydrogens (primary N) is 1. The van der Waals surface area contributed by atoms with Crippen LogP contribution in [0.2, 0.25) is 0 Å². The Labute approximate surface area is 91.7 Å². The van der Waals surface area contributed by atoms with Crippen LogP contribution < -0.4 is 5.73 Å². The van der Waals surface area contributed by atoms with Gasteiger partial charge in [-0.05, 0) is 33.1 Å². The summed E-state index contributed by atoms with van der Waals surface area (Å²) in [5, 5.41) is 0. The number of nitrogens with zero attached hydrogens (tertiary/aromatic N) is 2. The molecule has 0 aliphatic heterocycles. The fourth-order valence-electron chi connectivity index (χ4n) is 2.10. The van der Waals surface area contributed by atoms with Crippen LogP contribution in [0.25, 0.3) is 0 Å². The van der Waals surface area contributed by atoms with Gasteiger partial charge in [0.2, 0.25) is 0 Å². The summed E-state index contributed by atoms with van der Waals surface area (Å²) in [5.41, 5.74) is 6.96. The molecule has 1 aromatic heterocycles. The van der Waals surface area contributed by atoms with E-state index >= 15 is 0 Å². The van der Waals surface area contributed by atoms with Crippen LogP contribution in [0.15, 0.2) is 12.5 Å². The van der Waals surface area contributed by atoms with Gasteiger partial charge >= 0.3 is 0 Å². The molecule has 0 radical (unpaired) electrons. The lowest BCUT2D eigenvalue weighted by Crippen LogP contribution is -2.32. The number of rotatable bonds is 4. The Morgan fingerprint density at radius 2 is 2.27 bits per heavy atom. The summed E-state index contributed by atoms with van der Waals surface area (Å²) in [4.78, 5) is 4.22. The van der Waals surface area contributed by atoms with Gasteiger partial charge in [-0.25, -0.2) is 4.98 Å². The molecule has 2 N–H and O–H groups in total. The van der Waals surface area contributed by atoms with Crippen LogP contribution >= 0.6 is 0 Å². The Morgan fingerprint density at radius 3 is 2.80 bits per heavy atom. The predicted octanol–water partition coefficient (Wildman–Crippen LogP) is 2.44. The second-order valence-corrected chi connectivity index (χ2v) is 5.44. The molecule has 1 aromatic rings. The zero-order chi connectivity index (χ0) is 11.1. The van der Waals surface area contributed by atoms with E-state index in [9.17, 15) is 0 Å². The number of aromatic nitrogens is 2. The van der Waals surface area contributed by atoms with E-state index in [4.69, 9.17) is 5.73 Å². The highest BCUT2D eigenvalue weighted by Crippen LogP contribution is 2.37. The van der Waals surface area contributed by atoms with Gasteiger partial charge in [0.15, 0.2) is 0 Å². The van der Waals surface area contributed by atoms with Crippen LogP contribution in [0, 0.1) is 5.92 Å². The van der Waals surface area contributed by atoms with Gasteiger partial charge in [0.05, 0.1) is 17.6 Å². The molecule has 2 rings (SSSR count). The number of hydrogen-bond donors (Lipinski definition) is 1. The van der Waals surface area contributed by atoms with Gasteiger partial charge in [-0.1, -0.05) is 12.8 Å². The minimum atomic E-state index is -0.297. The molecule has 0 spiro atoms. The Morgan fingerprint density at radius 1 is 1.60 bits per heavy atom. The molecular weight excluding hydrogens is 186 g/mol. The summed E-state index contributed by atoms with van der Waals surface area (Å²) < 4.78 is 2.23. The zero-order valence-corrected chi connectivity index (χ0v) is 9.90. The predicted molar refractivity (Wildman–Crippen MR) is 61.5 cm³/mol. The van der Waals surface area contributed by atoms with Crippen molar-refractivity contribution in [1.82, 2.24) is 9.55 Å². The lowest BCUT2D eigenvalue weighted by atomic mass is 10.0. The lowest BCUT2D eigenvalue weighted by molar-refractivity contribution is 0.418. The molecule has 1 saturated carbocycles. The van der Waals surface area contributed by atoms with Crippen molar-refractivity contribution in [3.05, 3.63) is 18.2 Å². The average molecular weight is 207 g/mol. The Hall–Kier alpha value is -0.830. The molecule has 1 fully saturated rings. The maximum absolute atomic E-state index is 6.13. The van der Waals surface area contributed by atoms with Crippen molar-refractivity contribution >= 4 is 0 Å². The third kappa shape index (κ3) is 2.40. The van der Waals surface area contributed by atoms with E-state index in [-0.39, 0.29) is 5.54 Å². The van der Waals surface area contributed by atoms with E-state index in [1.54, 1.807) is 0 Å². The highest BCUT2D eigenvalue weighted by molar-refractivity contribution is 5.11. The molecular formula is C12H21N3. The third-order valence-corrected chi connectivity index (χ3v) is 3.17. The van der Waals surface area contributed by atoms with Crippen LogP contribution in [-0.4, -0.2) is 9.55 Å². The molecule has 84 valence electrons. The van der Waals surface area contributed by atoms with Crippen molar-refractivity contribution < 1.29 is 0 Å². The van der Waals surface area contributed by atoms with Gasteiger partial charge in [-0.3, -0.25) is 0 Å².